The molecule has 3 nitrogen and oxygen atoms in total. The molecule has 3 heteroatoms. The Morgan fingerprint density at radius 2 is 1.89 bits per heavy atom. The van der Waals surface area contributed by atoms with Gasteiger partial charge >= 0.3 is 0 Å². The molecule has 100 valence electrons. The van der Waals surface area contributed by atoms with E-state index in [-0.39, 0.29) is 0 Å². The van der Waals surface area contributed by atoms with E-state index in [0.29, 0.717) is 6.04 Å². The Balaban J connectivity index is 2.29. The first-order valence-corrected chi connectivity index (χ1v) is 6.85. The Morgan fingerprint density at radius 1 is 1.22 bits per heavy atom. The van der Waals surface area contributed by atoms with Gasteiger partial charge in [-0.1, -0.05) is 18.2 Å². The standard InChI is InChI=1S/C15H25N3/c1-12-5-4-6-13(2)15(12)18-10-9-17(3)11-14(18)7-8-16/h4-6,14H,7-11,16H2,1-3H3. The van der Waals surface area contributed by atoms with Crippen molar-refractivity contribution in [3.05, 3.63) is 29.3 Å². The van der Waals surface area contributed by atoms with Crippen molar-refractivity contribution in [2.24, 2.45) is 5.73 Å². The van der Waals surface area contributed by atoms with Gasteiger partial charge in [0, 0.05) is 31.4 Å². The predicted octanol–water partition coefficient (Wildman–Crippen LogP) is 1.77. The third-order valence-electron chi connectivity index (χ3n) is 3.91. The van der Waals surface area contributed by atoms with Crippen LogP contribution in [-0.4, -0.2) is 44.2 Å². The van der Waals surface area contributed by atoms with Crippen LogP contribution in [0.3, 0.4) is 0 Å². The van der Waals surface area contributed by atoms with E-state index in [2.05, 4.69) is 48.9 Å². The predicted molar refractivity (Wildman–Crippen MR) is 78.2 cm³/mol. The van der Waals surface area contributed by atoms with Gasteiger partial charge in [-0.25, -0.2) is 0 Å². The highest BCUT2D eigenvalue weighted by atomic mass is 15.3. The SMILES string of the molecule is Cc1cccc(C)c1N1CCN(C)CC1CCN. The summed E-state index contributed by atoms with van der Waals surface area (Å²) in [5.74, 6) is 0. The second kappa shape index (κ2) is 5.72. The Morgan fingerprint density at radius 3 is 2.50 bits per heavy atom. The van der Waals surface area contributed by atoms with Gasteiger partial charge in [0.1, 0.15) is 0 Å². The largest absolute Gasteiger partial charge is 0.365 e. The molecule has 0 aliphatic carbocycles. The highest BCUT2D eigenvalue weighted by Gasteiger charge is 2.26. The number of nitrogens with zero attached hydrogens (tertiary/aromatic N) is 2. The molecule has 2 N–H and O–H groups in total. The third kappa shape index (κ3) is 2.68. The maximum atomic E-state index is 5.78. The molecule has 0 amide bonds. The van der Waals surface area contributed by atoms with Crippen molar-refractivity contribution < 1.29 is 0 Å². The van der Waals surface area contributed by atoms with Crippen LogP contribution in [0, 0.1) is 13.8 Å². The minimum Gasteiger partial charge on any atom is -0.365 e. The molecule has 0 radical (unpaired) electrons. The summed E-state index contributed by atoms with van der Waals surface area (Å²) in [6.45, 7) is 8.53. The molecule has 1 aromatic rings. The van der Waals surface area contributed by atoms with Crippen molar-refractivity contribution >= 4 is 5.69 Å². The fourth-order valence-corrected chi connectivity index (χ4v) is 3.00. The highest BCUT2D eigenvalue weighted by Crippen LogP contribution is 2.28. The first-order chi connectivity index (χ1) is 8.63. The van der Waals surface area contributed by atoms with E-state index < -0.39 is 0 Å². The maximum absolute atomic E-state index is 5.78. The zero-order valence-corrected chi connectivity index (χ0v) is 11.8. The minimum atomic E-state index is 0.550. The summed E-state index contributed by atoms with van der Waals surface area (Å²) >= 11 is 0. The quantitative estimate of drug-likeness (QED) is 0.883. The lowest BCUT2D eigenvalue weighted by molar-refractivity contribution is 0.261. The summed E-state index contributed by atoms with van der Waals surface area (Å²) in [5.41, 5.74) is 9.95. The number of hydrogen-bond acceptors (Lipinski definition) is 3. The molecular formula is C15H25N3. The van der Waals surface area contributed by atoms with Crippen molar-refractivity contribution in [3.8, 4) is 0 Å². The fourth-order valence-electron chi connectivity index (χ4n) is 3.00. The van der Waals surface area contributed by atoms with E-state index in [1.54, 1.807) is 0 Å². The molecule has 1 aliphatic heterocycles. The van der Waals surface area contributed by atoms with Gasteiger partial charge in [0.05, 0.1) is 0 Å². The number of benzene rings is 1. The first kappa shape index (κ1) is 13.4. The van der Waals surface area contributed by atoms with Gasteiger partial charge in [-0.2, -0.15) is 0 Å². The van der Waals surface area contributed by atoms with Crippen LogP contribution in [0.1, 0.15) is 17.5 Å². The van der Waals surface area contributed by atoms with Crippen LogP contribution in [0.5, 0.6) is 0 Å². The summed E-state index contributed by atoms with van der Waals surface area (Å²) < 4.78 is 0. The zero-order chi connectivity index (χ0) is 13.1. The molecular weight excluding hydrogens is 222 g/mol. The van der Waals surface area contributed by atoms with Crippen molar-refractivity contribution in [1.82, 2.24) is 4.90 Å². The molecule has 1 atom stereocenters. The van der Waals surface area contributed by atoms with Crippen LogP contribution in [0.25, 0.3) is 0 Å². The molecule has 1 aliphatic rings. The van der Waals surface area contributed by atoms with Crippen LogP contribution < -0.4 is 10.6 Å². The summed E-state index contributed by atoms with van der Waals surface area (Å²) in [7, 11) is 2.20. The number of nitrogens with two attached hydrogens (primary N) is 1. The molecule has 1 heterocycles. The number of aryl methyl sites for hydroxylation is 2. The maximum Gasteiger partial charge on any atom is 0.0429 e. The van der Waals surface area contributed by atoms with Crippen LogP contribution in [0.15, 0.2) is 18.2 Å². The van der Waals surface area contributed by atoms with Gasteiger partial charge in [-0.15, -0.1) is 0 Å². The summed E-state index contributed by atoms with van der Waals surface area (Å²) in [5, 5.41) is 0. The van der Waals surface area contributed by atoms with E-state index in [1.807, 2.05) is 0 Å². The average Bonchev–Trinajstić information content (AvgIpc) is 2.32. The Labute approximate surface area is 111 Å². The van der Waals surface area contributed by atoms with E-state index in [4.69, 9.17) is 5.73 Å². The number of piperazine rings is 1. The molecule has 1 fully saturated rings. The van der Waals surface area contributed by atoms with Gasteiger partial charge in [0.15, 0.2) is 0 Å². The average molecular weight is 247 g/mol. The first-order valence-electron chi connectivity index (χ1n) is 6.85. The molecule has 2 rings (SSSR count). The molecule has 0 saturated carbocycles. The number of rotatable bonds is 3. The van der Waals surface area contributed by atoms with Crippen molar-refractivity contribution in [2.75, 3.05) is 38.1 Å². The monoisotopic (exact) mass is 247 g/mol. The van der Waals surface area contributed by atoms with E-state index >= 15 is 0 Å². The van der Waals surface area contributed by atoms with Gasteiger partial charge < -0.3 is 15.5 Å². The van der Waals surface area contributed by atoms with Crippen LogP contribution >= 0.6 is 0 Å². The topological polar surface area (TPSA) is 32.5 Å². The number of hydrogen-bond donors (Lipinski definition) is 1. The van der Waals surface area contributed by atoms with Crippen molar-refractivity contribution in [3.63, 3.8) is 0 Å². The molecule has 0 aromatic heterocycles. The third-order valence-corrected chi connectivity index (χ3v) is 3.91. The lowest BCUT2D eigenvalue weighted by Gasteiger charge is -2.43. The normalized spacial score (nSPS) is 21.3. The fraction of sp³-hybridized carbons (Fsp3) is 0.600. The van der Waals surface area contributed by atoms with Gasteiger partial charge in [-0.3, -0.25) is 0 Å². The van der Waals surface area contributed by atoms with Gasteiger partial charge in [0.2, 0.25) is 0 Å². The lowest BCUT2D eigenvalue weighted by atomic mass is 10.0. The summed E-state index contributed by atoms with van der Waals surface area (Å²) in [6.07, 6.45) is 1.07. The number of anilines is 1. The highest BCUT2D eigenvalue weighted by molar-refractivity contribution is 5.60. The molecule has 1 saturated heterocycles. The minimum absolute atomic E-state index is 0.550. The van der Waals surface area contributed by atoms with Gasteiger partial charge in [-0.05, 0) is 45.0 Å². The second-order valence-electron chi connectivity index (χ2n) is 5.43. The van der Waals surface area contributed by atoms with E-state index in [0.717, 1.165) is 32.6 Å². The smallest absolute Gasteiger partial charge is 0.0429 e. The summed E-state index contributed by atoms with van der Waals surface area (Å²) in [6, 6.07) is 7.11. The van der Waals surface area contributed by atoms with Crippen LogP contribution in [0.4, 0.5) is 5.69 Å². The number of likely N-dealkylation sites (N-methyl/N-ethyl adjacent to an activating group) is 1. The molecule has 0 spiro atoms. The summed E-state index contributed by atoms with van der Waals surface area (Å²) in [4.78, 5) is 4.97. The Hall–Kier alpha value is -1.06. The zero-order valence-electron chi connectivity index (χ0n) is 11.8. The molecule has 1 aromatic carbocycles. The Bertz CT molecular complexity index is 382. The molecule has 18 heavy (non-hydrogen) atoms. The van der Waals surface area contributed by atoms with Crippen LogP contribution in [-0.2, 0) is 0 Å². The second-order valence-corrected chi connectivity index (χ2v) is 5.43. The van der Waals surface area contributed by atoms with E-state index in [1.165, 1.54) is 16.8 Å². The number of para-hydroxylation sites is 1. The van der Waals surface area contributed by atoms with E-state index in [9.17, 15) is 0 Å². The van der Waals surface area contributed by atoms with Gasteiger partial charge in [0.25, 0.3) is 0 Å². The van der Waals surface area contributed by atoms with Crippen LogP contribution in [0.2, 0.25) is 0 Å². The Kier molecular flexibility index (Phi) is 4.25. The molecule has 0 bridgehead atoms. The van der Waals surface area contributed by atoms with Crippen molar-refractivity contribution in [1.29, 1.82) is 0 Å². The molecule has 1 unspecified atom stereocenters. The van der Waals surface area contributed by atoms with Crippen molar-refractivity contribution in [2.45, 2.75) is 26.3 Å². The lowest BCUT2D eigenvalue weighted by Crippen LogP contribution is -2.53.